The highest BCUT2D eigenvalue weighted by molar-refractivity contribution is 5.87. The van der Waals surface area contributed by atoms with Crippen LogP contribution in [0.1, 0.15) is 31.7 Å². The molecule has 0 radical (unpaired) electrons. The second-order valence-corrected chi connectivity index (χ2v) is 5.23. The third-order valence-corrected chi connectivity index (χ3v) is 3.89. The fourth-order valence-corrected chi connectivity index (χ4v) is 2.32. The van der Waals surface area contributed by atoms with Gasteiger partial charge >= 0.3 is 0 Å². The molecule has 118 valence electrons. The summed E-state index contributed by atoms with van der Waals surface area (Å²) in [5, 5.41) is 12.3. The maximum Gasteiger partial charge on any atom is 0.147 e. The highest BCUT2D eigenvalue weighted by atomic mass is 16.5. The van der Waals surface area contributed by atoms with Crippen LogP contribution in [0.4, 0.5) is 0 Å². The van der Waals surface area contributed by atoms with Crippen molar-refractivity contribution in [3.05, 3.63) is 35.9 Å². The largest absolute Gasteiger partial charge is 0.409 e. The van der Waals surface area contributed by atoms with Crippen LogP contribution in [0.3, 0.4) is 0 Å². The van der Waals surface area contributed by atoms with E-state index in [0.717, 1.165) is 18.5 Å². The lowest BCUT2D eigenvalue weighted by atomic mass is 9.96. The molecular weight excluding hydrogens is 266 g/mol. The molecule has 0 saturated heterocycles. The number of nitrogens with zero attached hydrogens (tertiary/aromatic N) is 2. The number of benzene rings is 1. The molecule has 0 spiro atoms. The molecule has 0 saturated carbocycles. The third kappa shape index (κ3) is 5.36. The van der Waals surface area contributed by atoms with Gasteiger partial charge in [-0.05, 0) is 18.9 Å². The third-order valence-electron chi connectivity index (χ3n) is 3.89. The van der Waals surface area contributed by atoms with Crippen LogP contribution in [0.2, 0.25) is 0 Å². The van der Waals surface area contributed by atoms with Gasteiger partial charge in [0.1, 0.15) is 5.84 Å². The van der Waals surface area contributed by atoms with Crippen LogP contribution >= 0.6 is 0 Å². The average molecular weight is 293 g/mol. The minimum Gasteiger partial charge on any atom is -0.409 e. The van der Waals surface area contributed by atoms with E-state index in [2.05, 4.69) is 23.9 Å². The van der Waals surface area contributed by atoms with Crippen LogP contribution in [-0.2, 0) is 4.74 Å². The fraction of sp³-hybridized carbons (Fsp3) is 0.562. The quantitative estimate of drug-likeness (QED) is 0.317. The van der Waals surface area contributed by atoms with E-state index in [-0.39, 0.29) is 11.8 Å². The van der Waals surface area contributed by atoms with Crippen molar-refractivity contribution in [3.8, 4) is 0 Å². The topological polar surface area (TPSA) is 71.1 Å². The molecular formula is C16H27N3O2. The number of amidine groups is 1. The Kier molecular flexibility index (Phi) is 7.79. The molecule has 0 aliphatic carbocycles. The summed E-state index contributed by atoms with van der Waals surface area (Å²) in [7, 11) is 1.70. The Morgan fingerprint density at radius 3 is 2.57 bits per heavy atom. The smallest absolute Gasteiger partial charge is 0.147 e. The van der Waals surface area contributed by atoms with Gasteiger partial charge in [-0.3, -0.25) is 4.90 Å². The molecule has 0 aliphatic rings. The van der Waals surface area contributed by atoms with E-state index in [0.29, 0.717) is 19.2 Å². The summed E-state index contributed by atoms with van der Waals surface area (Å²) in [6, 6.07) is 10.3. The lowest BCUT2D eigenvalue weighted by Gasteiger charge is -2.31. The van der Waals surface area contributed by atoms with Crippen molar-refractivity contribution < 1.29 is 9.94 Å². The molecule has 0 amide bonds. The number of nitrogens with two attached hydrogens (primary N) is 1. The number of hydrogen-bond donors (Lipinski definition) is 2. The van der Waals surface area contributed by atoms with E-state index in [1.54, 1.807) is 7.11 Å². The highest BCUT2D eigenvalue weighted by Crippen LogP contribution is 2.19. The summed E-state index contributed by atoms with van der Waals surface area (Å²) in [4.78, 5) is 2.32. The van der Waals surface area contributed by atoms with Crippen LogP contribution in [0, 0.1) is 0 Å². The van der Waals surface area contributed by atoms with E-state index in [1.807, 2.05) is 30.3 Å². The normalized spacial score (nSPS) is 15.1. The molecule has 0 bridgehead atoms. The molecule has 2 unspecified atom stereocenters. The molecule has 1 aromatic carbocycles. The highest BCUT2D eigenvalue weighted by Gasteiger charge is 2.22. The monoisotopic (exact) mass is 293 g/mol. The molecule has 2 atom stereocenters. The molecule has 5 nitrogen and oxygen atoms in total. The van der Waals surface area contributed by atoms with Crippen molar-refractivity contribution in [2.24, 2.45) is 10.9 Å². The molecule has 0 aromatic heterocycles. The van der Waals surface area contributed by atoms with Crippen molar-refractivity contribution in [3.63, 3.8) is 0 Å². The zero-order chi connectivity index (χ0) is 15.7. The van der Waals surface area contributed by atoms with Gasteiger partial charge in [0.2, 0.25) is 0 Å². The fourth-order valence-electron chi connectivity index (χ4n) is 2.32. The van der Waals surface area contributed by atoms with Gasteiger partial charge in [-0.15, -0.1) is 0 Å². The Bertz CT molecular complexity index is 423. The van der Waals surface area contributed by atoms with Crippen molar-refractivity contribution >= 4 is 5.84 Å². The first-order valence-electron chi connectivity index (χ1n) is 7.39. The molecule has 0 heterocycles. The van der Waals surface area contributed by atoms with Crippen molar-refractivity contribution in [1.82, 2.24) is 4.90 Å². The maximum absolute atomic E-state index is 9.07. The minimum atomic E-state index is -0.123. The van der Waals surface area contributed by atoms with Gasteiger partial charge in [0.15, 0.2) is 0 Å². The lowest BCUT2D eigenvalue weighted by molar-refractivity contribution is 0.121. The Hall–Kier alpha value is -1.59. The van der Waals surface area contributed by atoms with E-state index < -0.39 is 0 Å². The predicted molar refractivity (Wildman–Crippen MR) is 85.8 cm³/mol. The molecule has 0 fully saturated rings. The van der Waals surface area contributed by atoms with Gasteiger partial charge in [-0.1, -0.05) is 42.4 Å². The van der Waals surface area contributed by atoms with E-state index >= 15 is 0 Å². The summed E-state index contributed by atoms with van der Waals surface area (Å²) < 4.78 is 5.19. The Balaban J connectivity index is 2.92. The number of methoxy groups -OCH3 is 1. The zero-order valence-corrected chi connectivity index (χ0v) is 13.2. The van der Waals surface area contributed by atoms with Crippen LogP contribution in [0.25, 0.3) is 0 Å². The summed E-state index contributed by atoms with van der Waals surface area (Å²) in [5.41, 5.74) is 6.96. The number of ether oxygens (including phenoxy) is 1. The first-order valence-corrected chi connectivity index (χ1v) is 7.39. The summed E-state index contributed by atoms with van der Waals surface area (Å²) in [5.74, 6) is 0.119. The van der Waals surface area contributed by atoms with Crippen molar-refractivity contribution in [2.45, 2.75) is 32.2 Å². The molecule has 1 rings (SSSR count). The number of hydrogen-bond acceptors (Lipinski definition) is 4. The Morgan fingerprint density at radius 2 is 2.05 bits per heavy atom. The van der Waals surface area contributed by atoms with Gasteiger partial charge in [0, 0.05) is 26.2 Å². The molecule has 3 N–H and O–H groups in total. The summed E-state index contributed by atoms with van der Waals surface area (Å²) in [6.07, 6.45) is 1.04. The van der Waals surface area contributed by atoms with E-state index in [1.165, 1.54) is 0 Å². The van der Waals surface area contributed by atoms with Crippen LogP contribution in [-0.4, -0.2) is 48.8 Å². The van der Waals surface area contributed by atoms with Gasteiger partial charge in [0.25, 0.3) is 0 Å². The Labute approximate surface area is 127 Å². The van der Waals surface area contributed by atoms with Gasteiger partial charge in [0.05, 0.1) is 12.5 Å². The SMILES string of the molecule is CCC(C)N(CCOC)CC(C(N)=NO)c1ccccc1. The predicted octanol–water partition coefficient (Wildman–Crippen LogP) is 2.26. The summed E-state index contributed by atoms with van der Waals surface area (Å²) in [6.45, 7) is 6.54. The Morgan fingerprint density at radius 1 is 1.38 bits per heavy atom. The van der Waals surface area contributed by atoms with Gasteiger partial charge in [-0.25, -0.2) is 0 Å². The number of oxime groups is 1. The van der Waals surface area contributed by atoms with Crippen molar-refractivity contribution in [1.29, 1.82) is 0 Å². The van der Waals surface area contributed by atoms with Crippen LogP contribution < -0.4 is 5.73 Å². The lowest BCUT2D eigenvalue weighted by Crippen LogP contribution is -2.41. The molecule has 5 heteroatoms. The minimum absolute atomic E-state index is 0.123. The standard InChI is InChI=1S/C16H27N3O2/c1-4-13(2)19(10-11-21-3)12-15(16(17)18-20)14-8-6-5-7-9-14/h5-9,13,15,20H,4,10-12H2,1-3H3,(H2,17,18). The second kappa shape index (κ2) is 9.37. The van der Waals surface area contributed by atoms with Gasteiger partial charge in [-0.2, -0.15) is 0 Å². The van der Waals surface area contributed by atoms with Gasteiger partial charge < -0.3 is 15.7 Å². The van der Waals surface area contributed by atoms with Crippen LogP contribution in [0.15, 0.2) is 35.5 Å². The van der Waals surface area contributed by atoms with Crippen LogP contribution in [0.5, 0.6) is 0 Å². The second-order valence-electron chi connectivity index (χ2n) is 5.23. The first kappa shape index (κ1) is 17.5. The number of rotatable bonds is 9. The zero-order valence-electron chi connectivity index (χ0n) is 13.2. The maximum atomic E-state index is 9.07. The first-order chi connectivity index (χ1) is 10.1. The van der Waals surface area contributed by atoms with Crippen molar-refractivity contribution in [2.75, 3.05) is 26.8 Å². The molecule has 21 heavy (non-hydrogen) atoms. The average Bonchev–Trinajstić information content (AvgIpc) is 2.54. The summed E-state index contributed by atoms with van der Waals surface area (Å²) >= 11 is 0. The molecule has 1 aromatic rings. The molecule has 0 aliphatic heterocycles. The van der Waals surface area contributed by atoms with E-state index in [4.69, 9.17) is 15.7 Å². The van der Waals surface area contributed by atoms with E-state index in [9.17, 15) is 0 Å².